The Labute approximate surface area is 132 Å². The molecule has 22 heavy (non-hydrogen) atoms. The van der Waals surface area contributed by atoms with Crippen LogP contribution in [0.3, 0.4) is 0 Å². The molecule has 2 amide bonds. The summed E-state index contributed by atoms with van der Waals surface area (Å²) < 4.78 is 5.14. The van der Waals surface area contributed by atoms with E-state index in [0.717, 1.165) is 11.3 Å². The Kier molecular flexibility index (Phi) is 7.43. The highest BCUT2D eigenvalue weighted by atomic mass is 16.5. The summed E-state index contributed by atoms with van der Waals surface area (Å²) in [6.07, 6.45) is 0.972. The van der Waals surface area contributed by atoms with Crippen LogP contribution < -0.4 is 10.1 Å². The number of nitrogens with zero attached hydrogens (tertiary/aromatic N) is 1. The topological polar surface area (TPSA) is 58.6 Å². The summed E-state index contributed by atoms with van der Waals surface area (Å²) in [5.41, 5.74) is 0.977. The molecule has 0 unspecified atom stereocenters. The van der Waals surface area contributed by atoms with Crippen LogP contribution in [0.15, 0.2) is 24.3 Å². The van der Waals surface area contributed by atoms with Gasteiger partial charge in [-0.15, -0.1) is 0 Å². The fourth-order valence-corrected chi connectivity index (χ4v) is 2.34. The zero-order valence-electron chi connectivity index (χ0n) is 13.9. The van der Waals surface area contributed by atoms with Gasteiger partial charge < -0.3 is 15.0 Å². The van der Waals surface area contributed by atoms with Crippen molar-refractivity contribution in [2.45, 2.75) is 46.2 Å². The molecule has 0 bridgehead atoms. The van der Waals surface area contributed by atoms with Crippen molar-refractivity contribution in [3.05, 3.63) is 29.8 Å². The summed E-state index contributed by atoms with van der Waals surface area (Å²) in [5, 5.41) is 2.81. The van der Waals surface area contributed by atoms with Gasteiger partial charge in [0, 0.05) is 19.5 Å². The molecule has 0 radical (unpaired) electrons. The number of likely N-dealkylation sites (N-methyl/N-ethyl adjacent to an activating group) is 1. The number of carbonyl (C=O) groups excluding carboxylic acids is 2. The van der Waals surface area contributed by atoms with Crippen LogP contribution in [0, 0.1) is 0 Å². The van der Waals surface area contributed by atoms with E-state index in [1.54, 1.807) is 12.0 Å². The molecule has 5 heteroatoms. The molecule has 1 aromatic carbocycles. The Hall–Kier alpha value is -2.04. The van der Waals surface area contributed by atoms with Crippen LogP contribution in [0.25, 0.3) is 0 Å². The average Bonchev–Trinajstić information content (AvgIpc) is 2.54. The normalized spacial score (nSPS) is 11.6. The van der Waals surface area contributed by atoms with Crippen LogP contribution >= 0.6 is 0 Å². The fourth-order valence-electron chi connectivity index (χ4n) is 2.34. The second-order valence-corrected chi connectivity index (χ2v) is 5.04. The molecule has 122 valence electrons. The summed E-state index contributed by atoms with van der Waals surface area (Å²) in [5.74, 6) is 0.655. The van der Waals surface area contributed by atoms with Gasteiger partial charge in [0.05, 0.1) is 7.11 Å². The number of amides is 2. The molecule has 0 saturated heterocycles. The molecule has 0 heterocycles. The third-order valence-electron chi connectivity index (χ3n) is 3.55. The molecule has 1 aromatic rings. The first-order chi connectivity index (χ1) is 10.6. The summed E-state index contributed by atoms with van der Waals surface area (Å²) in [7, 11) is 1.62. The predicted molar refractivity (Wildman–Crippen MR) is 86.6 cm³/mol. The number of nitrogens with one attached hydrogen (secondary N) is 1. The Morgan fingerprint density at radius 3 is 2.27 bits per heavy atom. The second-order valence-electron chi connectivity index (χ2n) is 5.04. The van der Waals surface area contributed by atoms with E-state index in [0.29, 0.717) is 25.9 Å². The van der Waals surface area contributed by atoms with E-state index >= 15 is 0 Å². The third kappa shape index (κ3) is 4.76. The molecular weight excluding hydrogens is 280 g/mol. The number of methoxy groups -OCH3 is 1. The van der Waals surface area contributed by atoms with Crippen LogP contribution in [0.4, 0.5) is 0 Å². The van der Waals surface area contributed by atoms with E-state index in [1.807, 2.05) is 45.0 Å². The van der Waals surface area contributed by atoms with Gasteiger partial charge in [-0.3, -0.25) is 9.59 Å². The Balaban J connectivity index is 2.95. The molecule has 0 saturated carbocycles. The highest BCUT2D eigenvalue weighted by Crippen LogP contribution is 2.16. The van der Waals surface area contributed by atoms with Crippen LogP contribution in [0.5, 0.6) is 5.75 Å². The molecule has 0 spiro atoms. The summed E-state index contributed by atoms with van der Waals surface area (Å²) in [6, 6.07) is 7.11. The van der Waals surface area contributed by atoms with Gasteiger partial charge in [0.25, 0.3) is 0 Å². The van der Waals surface area contributed by atoms with Gasteiger partial charge >= 0.3 is 0 Å². The van der Waals surface area contributed by atoms with Crippen molar-refractivity contribution in [3.63, 3.8) is 0 Å². The van der Waals surface area contributed by atoms with Crippen molar-refractivity contribution in [1.82, 2.24) is 10.2 Å². The minimum atomic E-state index is -0.436. The number of ether oxygens (including phenoxy) is 1. The van der Waals surface area contributed by atoms with Gasteiger partial charge in [-0.2, -0.15) is 0 Å². The Morgan fingerprint density at radius 1 is 1.18 bits per heavy atom. The highest BCUT2D eigenvalue weighted by Gasteiger charge is 2.27. The maximum absolute atomic E-state index is 12.3. The summed E-state index contributed by atoms with van der Waals surface area (Å²) in [4.78, 5) is 26.1. The van der Waals surface area contributed by atoms with Crippen molar-refractivity contribution in [2.24, 2.45) is 0 Å². The first-order valence-corrected chi connectivity index (χ1v) is 7.77. The van der Waals surface area contributed by atoms with Gasteiger partial charge in [0.15, 0.2) is 0 Å². The van der Waals surface area contributed by atoms with Gasteiger partial charge in [0.1, 0.15) is 11.8 Å². The lowest BCUT2D eigenvalue weighted by Crippen LogP contribution is -2.48. The zero-order chi connectivity index (χ0) is 16.5. The average molecular weight is 306 g/mol. The number of carbonyl (C=O) groups is 2. The van der Waals surface area contributed by atoms with Gasteiger partial charge in [0.2, 0.25) is 11.8 Å². The van der Waals surface area contributed by atoms with E-state index in [-0.39, 0.29) is 11.8 Å². The monoisotopic (exact) mass is 306 g/mol. The summed E-state index contributed by atoms with van der Waals surface area (Å²) in [6.45, 7) is 6.59. The van der Waals surface area contributed by atoms with E-state index in [2.05, 4.69) is 5.32 Å². The smallest absolute Gasteiger partial charge is 0.242 e. The third-order valence-corrected chi connectivity index (χ3v) is 3.55. The molecule has 1 rings (SSSR count). The predicted octanol–water partition coefficient (Wildman–Crippen LogP) is 2.35. The van der Waals surface area contributed by atoms with Crippen LogP contribution in [0.2, 0.25) is 0 Å². The first-order valence-electron chi connectivity index (χ1n) is 7.77. The maximum Gasteiger partial charge on any atom is 0.242 e. The van der Waals surface area contributed by atoms with Crippen LogP contribution in [-0.4, -0.2) is 36.4 Å². The number of rotatable bonds is 8. The highest BCUT2D eigenvalue weighted by molar-refractivity contribution is 5.87. The number of hydrogen-bond acceptors (Lipinski definition) is 3. The molecule has 0 aromatic heterocycles. The fraction of sp³-hybridized carbons (Fsp3) is 0.529. The van der Waals surface area contributed by atoms with Crippen molar-refractivity contribution >= 4 is 11.8 Å². The van der Waals surface area contributed by atoms with Crippen molar-refractivity contribution in [2.75, 3.05) is 13.7 Å². The Morgan fingerprint density at radius 2 is 1.82 bits per heavy atom. The van der Waals surface area contributed by atoms with Crippen molar-refractivity contribution in [1.29, 1.82) is 0 Å². The van der Waals surface area contributed by atoms with E-state index in [1.165, 1.54) is 0 Å². The maximum atomic E-state index is 12.3. The first kappa shape index (κ1) is 18.0. The number of benzene rings is 1. The van der Waals surface area contributed by atoms with Crippen molar-refractivity contribution < 1.29 is 14.3 Å². The lowest BCUT2D eigenvalue weighted by molar-refractivity contribution is -0.141. The van der Waals surface area contributed by atoms with Crippen LogP contribution in [0.1, 0.15) is 39.2 Å². The molecule has 0 fully saturated rings. The number of hydrogen-bond donors (Lipinski definition) is 1. The standard InChI is InChI=1S/C17H26N2O3/c1-5-15(17(21)18-7-3)19(16(20)6-2)12-13-8-10-14(22-4)11-9-13/h8-11,15H,5-7,12H2,1-4H3,(H,18,21)/t15-/m1/s1. The molecule has 0 aliphatic heterocycles. The molecule has 0 aliphatic rings. The second kappa shape index (κ2) is 9.07. The summed E-state index contributed by atoms with van der Waals surface area (Å²) >= 11 is 0. The lowest BCUT2D eigenvalue weighted by Gasteiger charge is -2.30. The van der Waals surface area contributed by atoms with Gasteiger partial charge in [-0.05, 0) is 31.0 Å². The minimum Gasteiger partial charge on any atom is -0.497 e. The minimum absolute atomic E-state index is 0.0195. The van der Waals surface area contributed by atoms with Crippen LogP contribution in [-0.2, 0) is 16.1 Å². The van der Waals surface area contributed by atoms with Crippen molar-refractivity contribution in [3.8, 4) is 5.75 Å². The van der Waals surface area contributed by atoms with E-state index < -0.39 is 6.04 Å². The SMILES string of the molecule is CCNC(=O)[C@@H](CC)N(Cc1ccc(OC)cc1)C(=O)CC. The molecule has 1 atom stereocenters. The Bertz CT molecular complexity index is 485. The molecule has 1 N–H and O–H groups in total. The largest absolute Gasteiger partial charge is 0.497 e. The zero-order valence-corrected chi connectivity index (χ0v) is 13.9. The molecular formula is C17H26N2O3. The lowest BCUT2D eigenvalue weighted by atomic mass is 10.1. The molecule has 5 nitrogen and oxygen atoms in total. The van der Waals surface area contributed by atoms with Gasteiger partial charge in [-0.1, -0.05) is 26.0 Å². The molecule has 0 aliphatic carbocycles. The van der Waals surface area contributed by atoms with Gasteiger partial charge in [-0.25, -0.2) is 0 Å². The quantitative estimate of drug-likeness (QED) is 0.802. The van der Waals surface area contributed by atoms with E-state index in [4.69, 9.17) is 4.74 Å². The van der Waals surface area contributed by atoms with E-state index in [9.17, 15) is 9.59 Å².